The van der Waals surface area contributed by atoms with Crippen molar-refractivity contribution in [1.82, 2.24) is 4.57 Å². The van der Waals surface area contributed by atoms with Gasteiger partial charge in [0.1, 0.15) is 0 Å². The topological polar surface area (TPSA) is 42.2 Å². The molecule has 1 aromatic carbocycles. The fraction of sp³-hybridized carbons (Fsp3) is 0.357. The highest BCUT2D eigenvalue weighted by molar-refractivity contribution is 6.35. The number of aromatic nitrogens is 1. The molecule has 96 valence electrons. The van der Waals surface area contributed by atoms with E-state index in [4.69, 9.17) is 16.7 Å². The van der Waals surface area contributed by atoms with Crippen molar-refractivity contribution in [1.29, 1.82) is 0 Å². The highest BCUT2D eigenvalue weighted by atomic mass is 35.5. The number of carboxylic acids is 1. The minimum Gasteiger partial charge on any atom is -0.481 e. The largest absolute Gasteiger partial charge is 0.481 e. The molecule has 2 aromatic rings. The Morgan fingerprint density at radius 3 is 2.72 bits per heavy atom. The van der Waals surface area contributed by atoms with Gasteiger partial charge in [-0.05, 0) is 31.9 Å². The second-order valence-electron chi connectivity index (χ2n) is 5.31. The van der Waals surface area contributed by atoms with Crippen LogP contribution in [0.5, 0.6) is 0 Å². The number of carboxylic acid groups (broad SMARTS) is 1. The fourth-order valence-electron chi connectivity index (χ4n) is 2.08. The molecule has 0 saturated carbocycles. The van der Waals surface area contributed by atoms with Gasteiger partial charge < -0.3 is 9.67 Å². The van der Waals surface area contributed by atoms with Crippen molar-refractivity contribution < 1.29 is 9.90 Å². The standard InChI is InChI=1S/C14H16ClNO2/c1-14(2,13(17)18)7-9-4-5-10-11(15)8-16(3)12(10)6-9/h4-6,8H,7H2,1-3H3,(H,17,18). The number of halogens is 1. The van der Waals surface area contributed by atoms with Crippen LogP contribution >= 0.6 is 11.6 Å². The number of carbonyl (C=O) groups is 1. The van der Waals surface area contributed by atoms with E-state index in [1.807, 2.05) is 36.0 Å². The first-order valence-corrected chi connectivity index (χ1v) is 6.16. The normalized spacial score (nSPS) is 12.0. The number of aryl methyl sites for hydroxylation is 1. The molecule has 1 aromatic heterocycles. The van der Waals surface area contributed by atoms with Crippen molar-refractivity contribution >= 4 is 28.5 Å². The second-order valence-corrected chi connectivity index (χ2v) is 5.71. The first kappa shape index (κ1) is 13.0. The van der Waals surface area contributed by atoms with Crippen molar-refractivity contribution in [2.45, 2.75) is 20.3 Å². The lowest BCUT2D eigenvalue weighted by Gasteiger charge is -2.19. The Hall–Kier alpha value is -1.48. The molecule has 1 heterocycles. The summed E-state index contributed by atoms with van der Waals surface area (Å²) in [7, 11) is 1.93. The van der Waals surface area contributed by atoms with Crippen molar-refractivity contribution in [3.8, 4) is 0 Å². The van der Waals surface area contributed by atoms with E-state index in [-0.39, 0.29) is 0 Å². The minimum absolute atomic E-state index is 0.501. The minimum atomic E-state index is -0.785. The SMILES string of the molecule is Cn1cc(Cl)c2ccc(CC(C)(C)C(=O)O)cc21. The Kier molecular flexibility index (Phi) is 3.11. The van der Waals surface area contributed by atoms with Crippen LogP contribution in [-0.2, 0) is 18.3 Å². The second kappa shape index (κ2) is 4.32. The van der Waals surface area contributed by atoms with Gasteiger partial charge in [0.25, 0.3) is 0 Å². The summed E-state index contributed by atoms with van der Waals surface area (Å²) in [5.74, 6) is -0.785. The lowest BCUT2D eigenvalue weighted by atomic mass is 9.86. The molecule has 0 aliphatic heterocycles. The zero-order valence-electron chi connectivity index (χ0n) is 10.7. The van der Waals surface area contributed by atoms with E-state index in [9.17, 15) is 4.79 Å². The third kappa shape index (κ3) is 2.23. The van der Waals surface area contributed by atoms with Crippen LogP contribution in [-0.4, -0.2) is 15.6 Å². The van der Waals surface area contributed by atoms with Gasteiger partial charge in [-0.15, -0.1) is 0 Å². The first-order valence-electron chi connectivity index (χ1n) is 5.78. The molecule has 3 nitrogen and oxygen atoms in total. The molecule has 0 unspecified atom stereocenters. The fourth-order valence-corrected chi connectivity index (χ4v) is 2.38. The van der Waals surface area contributed by atoms with Crippen molar-refractivity contribution in [3.63, 3.8) is 0 Å². The van der Waals surface area contributed by atoms with Gasteiger partial charge in [0.05, 0.1) is 10.4 Å². The predicted molar refractivity (Wildman–Crippen MR) is 73.0 cm³/mol. The molecule has 0 aliphatic rings. The van der Waals surface area contributed by atoms with Crippen LogP contribution in [0.15, 0.2) is 24.4 Å². The third-order valence-electron chi connectivity index (χ3n) is 3.23. The number of fused-ring (bicyclic) bond motifs is 1. The molecule has 0 bridgehead atoms. The van der Waals surface area contributed by atoms with Gasteiger partial charge in [0.15, 0.2) is 0 Å². The average molecular weight is 266 g/mol. The van der Waals surface area contributed by atoms with E-state index in [1.165, 1.54) is 0 Å². The van der Waals surface area contributed by atoms with E-state index in [0.29, 0.717) is 6.42 Å². The summed E-state index contributed by atoms with van der Waals surface area (Å²) < 4.78 is 1.95. The van der Waals surface area contributed by atoms with E-state index in [2.05, 4.69) is 0 Å². The number of hydrogen-bond donors (Lipinski definition) is 1. The van der Waals surface area contributed by atoms with Gasteiger partial charge in [0, 0.05) is 24.1 Å². The van der Waals surface area contributed by atoms with E-state index in [0.717, 1.165) is 21.5 Å². The lowest BCUT2D eigenvalue weighted by Crippen LogP contribution is -2.26. The molecule has 18 heavy (non-hydrogen) atoms. The molecular weight excluding hydrogens is 250 g/mol. The molecule has 1 N–H and O–H groups in total. The maximum absolute atomic E-state index is 11.1. The molecular formula is C14H16ClNO2. The summed E-state index contributed by atoms with van der Waals surface area (Å²) >= 11 is 6.10. The molecule has 0 amide bonds. The molecule has 0 aliphatic carbocycles. The average Bonchev–Trinajstić information content (AvgIpc) is 2.54. The molecule has 4 heteroatoms. The van der Waals surface area contributed by atoms with Crippen LogP contribution < -0.4 is 0 Å². The molecule has 0 atom stereocenters. The lowest BCUT2D eigenvalue weighted by molar-refractivity contribution is -0.146. The summed E-state index contributed by atoms with van der Waals surface area (Å²) in [5, 5.41) is 10.9. The molecule has 2 rings (SSSR count). The molecule has 0 saturated heterocycles. The van der Waals surface area contributed by atoms with E-state index in [1.54, 1.807) is 13.8 Å². The molecule has 0 spiro atoms. The Balaban J connectivity index is 2.42. The van der Waals surface area contributed by atoms with Gasteiger partial charge in [-0.1, -0.05) is 23.7 Å². The van der Waals surface area contributed by atoms with Crippen LogP contribution in [0.25, 0.3) is 10.9 Å². The zero-order chi connectivity index (χ0) is 13.5. The van der Waals surface area contributed by atoms with Gasteiger partial charge in [-0.25, -0.2) is 0 Å². The Morgan fingerprint density at radius 1 is 1.44 bits per heavy atom. The van der Waals surface area contributed by atoms with Crippen LogP contribution in [0, 0.1) is 5.41 Å². The summed E-state index contributed by atoms with van der Waals surface area (Å²) in [6.45, 7) is 3.47. The van der Waals surface area contributed by atoms with Gasteiger partial charge in [-0.3, -0.25) is 4.79 Å². The third-order valence-corrected chi connectivity index (χ3v) is 3.53. The van der Waals surface area contributed by atoms with Crippen LogP contribution in [0.2, 0.25) is 5.02 Å². The Bertz CT molecular complexity index is 614. The van der Waals surface area contributed by atoms with Crippen LogP contribution in [0.4, 0.5) is 0 Å². The quantitative estimate of drug-likeness (QED) is 0.923. The smallest absolute Gasteiger partial charge is 0.309 e. The Labute approximate surface area is 111 Å². The summed E-state index contributed by atoms with van der Waals surface area (Å²) in [6, 6.07) is 5.90. The van der Waals surface area contributed by atoms with Crippen LogP contribution in [0.3, 0.4) is 0 Å². The van der Waals surface area contributed by atoms with Gasteiger partial charge in [-0.2, -0.15) is 0 Å². The monoisotopic (exact) mass is 265 g/mol. The van der Waals surface area contributed by atoms with E-state index < -0.39 is 11.4 Å². The van der Waals surface area contributed by atoms with Gasteiger partial charge in [0.2, 0.25) is 0 Å². The number of nitrogens with zero attached hydrogens (tertiary/aromatic N) is 1. The summed E-state index contributed by atoms with van der Waals surface area (Å²) in [4.78, 5) is 11.1. The van der Waals surface area contributed by atoms with Crippen LogP contribution in [0.1, 0.15) is 19.4 Å². The Morgan fingerprint density at radius 2 is 2.11 bits per heavy atom. The predicted octanol–water partition coefficient (Wildman–Crippen LogP) is 3.49. The number of aliphatic carboxylic acids is 1. The highest BCUT2D eigenvalue weighted by Crippen LogP contribution is 2.28. The highest BCUT2D eigenvalue weighted by Gasteiger charge is 2.27. The maximum Gasteiger partial charge on any atom is 0.309 e. The number of rotatable bonds is 3. The van der Waals surface area contributed by atoms with Crippen molar-refractivity contribution in [2.24, 2.45) is 12.5 Å². The summed E-state index contributed by atoms with van der Waals surface area (Å²) in [6.07, 6.45) is 2.36. The number of benzene rings is 1. The zero-order valence-corrected chi connectivity index (χ0v) is 11.5. The van der Waals surface area contributed by atoms with Crippen molar-refractivity contribution in [2.75, 3.05) is 0 Å². The maximum atomic E-state index is 11.1. The molecule has 0 fully saturated rings. The summed E-state index contributed by atoms with van der Waals surface area (Å²) in [5.41, 5.74) is 1.27. The van der Waals surface area contributed by atoms with E-state index >= 15 is 0 Å². The van der Waals surface area contributed by atoms with Gasteiger partial charge >= 0.3 is 5.97 Å². The first-order chi connectivity index (χ1) is 8.31. The molecule has 0 radical (unpaired) electrons. The van der Waals surface area contributed by atoms with Crippen molar-refractivity contribution in [3.05, 3.63) is 35.0 Å². The number of hydrogen-bond acceptors (Lipinski definition) is 1.